The Kier molecular flexibility index (Phi) is 4.34. The summed E-state index contributed by atoms with van der Waals surface area (Å²) >= 11 is 0. The molecule has 3 heterocycles. The number of rotatable bonds is 3. The lowest BCUT2D eigenvalue weighted by Crippen LogP contribution is -2.38. The minimum atomic E-state index is 0.0555. The molecule has 4 rings (SSSR count). The van der Waals surface area contributed by atoms with Gasteiger partial charge in [0.1, 0.15) is 0 Å². The second-order valence-electron chi connectivity index (χ2n) is 6.81. The van der Waals surface area contributed by atoms with E-state index < -0.39 is 0 Å². The third-order valence-electron chi connectivity index (χ3n) is 5.04. The van der Waals surface area contributed by atoms with E-state index in [0.717, 1.165) is 56.4 Å². The highest BCUT2D eigenvalue weighted by Gasteiger charge is 2.23. The maximum absolute atomic E-state index is 12.5. The molecule has 0 amide bonds. The van der Waals surface area contributed by atoms with Gasteiger partial charge in [0.05, 0.1) is 5.69 Å². The Balaban J connectivity index is 1.55. The molecule has 0 atom stereocenters. The number of hydrogen-bond donors (Lipinski definition) is 1. The molecule has 1 N–H and O–H groups in total. The van der Waals surface area contributed by atoms with Gasteiger partial charge in [0.25, 0.3) is 5.56 Å². The summed E-state index contributed by atoms with van der Waals surface area (Å²) in [6, 6.07) is 10.5. The van der Waals surface area contributed by atoms with Gasteiger partial charge in [0.15, 0.2) is 0 Å². The third-order valence-corrected chi connectivity index (χ3v) is 5.04. The fourth-order valence-corrected chi connectivity index (χ4v) is 3.71. The van der Waals surface area contributed by atoms with Crippen LogP contribution in [0.1, 0.15) is 36.1 Å². The first-order valence-corrected chi connectivity index (χ1v) is 8.93. The molecule has 0 unspecified atom stereocenters. The van der Waals surface area contributed by atoms with Crippen molar-refractivity contribution in [1.29, 1.82) is 0 Å². The van der Waals surface area contributed by atoms with Gasteiger partial charge in [0, 0.05) is 38.3 Å². The second kappa shape index (κ2) is 6.77. The van der Waals surface area contributed by atoms with Crippen LogP contribution in [0, 0.1) is 0 Å². The number of piperidine rings is 1. The largest absolute Gasteiger partial charge is 0.342 e. The van der Waals surface area contributed by atoms with E-state index in [2.05, 4.69) is 39.0 Å². The number of fused-ring (bicyclic) bond motifs is 1. The third kappa shape index (κ3) is 3.22. The molecular formula is C19H24N4O. The van der Waals surface area contributed by atoms with Gasteiger partial charge in [-0.3, -0.25) is 14.7 Å². The molecular weight excluding hydrogens is 300 g/mol. The molecule has 1 aromatic carbocycles. The van der Waals surface area contributed by atoms with Crippen LogP contribution in [-0.2, 0) is 19.5 Å². The van der Waals surface area contributed by atoms with Gasteiger partial charge < -0.3 is 4.90 Å². The summed E-state index contributed by atoms with van der Waals surface area (Å²) in [5.74, 6) is 0.764. The van der Waals surface area contributed by atoms with Gasteiger partial charge in [-0.2, -0.15) is 0 Å². The lowest BCUT2D eigenvalue weighted by atomic mass is 10.1. The smallest absolute Gasteiger partial charge is 0.255 e. The van der Waals surface area contributed by atoms with Gasteiger partial charge in [-0.05, 0) is 31.2 Å². The van der Waals surface area contributed by atoms with Gasteiger partial charge in [0.2, 0.25) is 5.95 Å². The molecule has 5 nitrogen and oxygen atoms in total. The highest BCUT2D eigenvalue weighted by Crippen LogP contribution is 2.20. The molecule has 0 aliphatic carbocycles. The maximum atomic E-state index is 12.5. The number of nitrogens with zero attached hydrogens (tertiary/aromatic N) is 3. The van der Waals surface area contributed by atoms with Gasteiger partial charge in [-0.25, -0.2) is 4.98 Å². The molecule has 1 fully saturated rings. The summed E-state index contributed by atoms with van der Waals surface area (Å²) in [5.41, 5.74) is 3.20. The molecule has 2 aliphatic rings. The Labute approximate surface area is 142 Å². The van der Waals surface area contributed by atoms with Gasteiger partial charge >= 0.3 is 0 Å². The first-order valence-electron chi connectivity index (χ1n) is 8.93. The fraction of sp³-hybridized carbons (Fsp3) is 0.474. The van der Waals surface area contributed by atoms with Crippen molar-refractivity contribution in [1.82, 2.24) is 14.9 Å². The number of anilines is 1. The normalized spacial score (nSPS) is 18.4. The summed E-state index contributed by atoms with van der Waals surface area (Å²) in [4.78, 5) is 24.9. The summed E-state index contributed by atoms with van der Waals surface area (Å²) in [6.45, 7) is 4.57. The summed E-state index contributed by atoms with van der Waals surface area (Å²) in [5, 5.41) is 0. The molecule has 0 spiro atoms. The van der Waals surface area contributed by atoms with Gasteiger partial charge in [-0.15, -0.1) is 0 Å². The minimum absolute atomic E-state index is 0.0555. The number of H-pyrrole nitrogens is 1. The molecule has 0 radical (unpaired) electrons. The van der Waals surface area contributed by atoms with Crippen LogP contribution in [-0.4, -0.2) is 34.5 Å². The Morgan fingerprint density at radius 1 is 1.04 bits per heavy atom. The van der Waals surface area contributed by atoms with Crippen molar-refractivity contribution in [2.75, 3.05) is 24.5 Å². The zero-order valence-corrected chi connectivity index (χ0v) is 14.0. The highest BCUT2D eigenvalue weighted by molar-refractivity contribution is 5.34. The Bertz CT molecular complexity index is 750. The van der Waals surface area contributed by atoms with Crippen LogP contribution < -0.4 is 10.5 Å². The van der Waals surface area contributed by atoms with E-state index in [1.54, 1.807) is 0 Å². The van der Waals surface area contributed by atoms with Crippen molar-refractivity contribution in [3.05, 3.63) is 57.5 Å². The van der Waals surface area contributed by atoms with E-state index >= 15 is 0 Å². The minimum Gasteiger partial charge on any atom is -0.342 e. The lowest BCUT2D eigenvalue weighted by molar-refractivity contribution is 0.240. The van der Waals surface area contributed by atoms with Crippen molar-refractivity contribution in [2.24, 2.45) is 0 Å². The summed E-state index contributed by atoms with van der Waals surface area (Å²) in [7, 11) is 0. The van der Waals surface area contributed by atoms with Gasteiger partial charge in [-0.1, -0.05) is 30.3 Å². The van der Waals surface area contributed by atoms with Crippen LogP contribution in [0.3, 0.4) is 0 Å². The molecule has 2 aliphatic heterocycles. The van der Waals surface area contributed by atoms with E-state index in [4.69, 9.17) is 4.98 Å². The van der Waals surface area contributed by atoms with Crippen molar-refractivity contribution in [3.8, 4) is 0 Å². The predicted octanol–water partition coefficient (Wildman–Crippen LogP) is 2.32. The van der Waals surface area contributed by atoms with E-state index in [0.29, 0.717) is 0 Å². The molecule has 0 bridgehead atoms. The number of aromatic nitrogens is 2. The topological polar surface area (TPSA) is 52.2 Å². The average molecular weight is 324 g/mol. The van der Waals surface area contributed by atoms with Crippen LogP contribution in [0.25, 0.3) is 0 Å². The highest BCUT2D eigenvalue weighted by atomic mass is 16.1. The number of benzene rings is 1. The number of hydrogen-bond acceptors (Lipinski definition) is 4. The van der Waals surface area contributed by atoms with Crippen molar-refractivity contribution in [2.45, 2.75) is 38.8 Å². The molecule has 1 saturated heterocycles. The predicted molar refractivity (Wildman–Crippen MR) is 95.2 cm³/mol. The summed E-state index contributed by atoms with van der Waals surface area (Å²) < 4.78 is 0. The van der Waals surface area contributed by atoms with Crippen molar-refractivity contribution >= 4 is 5.95 Å². The molecule has 5 heteroatoms. The molecule has 2 aromatic rings. The second-order valence-corrected chi connectivity index (χ2v) is 6.81. The zero-order valence-electron chi connectivity index (χ0n) is 14.0. The molecule has 24 heavy (non-hydrogen) atoms. The summed E-state index contributed by atoms with van der Waals surface area (Å²) in [6.07, 6.45) is 4.42. The quantitative estimate of drug-likeness (QED) is 0.941. The van der Waals surface area contributed by atoms with Crippen LogP contribution in [0.2, 0.25) is 0 Å². The molecule has 1 aromatic heterocycles. The average Bonchev–Trinajstić information content (AvgIpc) is 2.63. The van der Waals surface area contributed by atoms with Crippen LogP contribution >= 0.6 is 0 Å². The Morgan fingerprint density at radius 3 is 2.62 bits per heavy atom. The first-order chi connectivity index (χ1) is 11.8. The standard InChI is InChI=1S/C19H24N4O/c24-18-16-9-12-22(13-15-7-3-1-4-8-15)14-17(16)20-19(21-18)23-10-5-2-6-11-23/h1,3-4,7-8H,2,5-6,9-14H2,(H,20,21,24). The lowest BCUT2D eigenvalue weighted by Gasteiger charge is -2.30. The molecule has 0 saturated carbocycles. The monoisotopic (exact) mass is 324 g/mol. The van der Waals surface area contributed by atoms with Crippen molar-refractivity contribution < 1.29 is 0 Å². The van der Waals surface area contributed by atoms with E-state index in [-0.39, 0.29) is 5.56 Å². The number of aromatic amines is 1. The van der Waals surface area contributed by atoms with Crippen LogP contribution in [0.15, 0.2) is 35.1 Å². The van der Waals surface area contributed by atoms with Crippen LogP contribution in [0.4, 0.5) is 5.95 Å². The van der Waals surface area contributed by atoms with E-state index in [1.807, 2.05) is 6.07 Å². The Hall–Kier alpha value is -2.14. The van der Waals surface area contributed by atoms with Crippen molar-refractivity contribution in [3.63, 3.8) is 0 Å². The molecule has 126 valence electrons. The van der Waals surface area contributed by atoms with E-state index in [1.165, 1.54) is 24.8 Å². The number of nitrogens with one attached hydrogen (secondary N) is 1. The van der Waals surface area contributed by atoms with Crippen LogP contribution in [0.5, 0.6) is 0 Å². The Morgan fingerprint density at radius 2 is 1.83 bits per heavy atom. The zero-order chi connectivity index (χ0) is 16.4. The first kappa shape index (κ1) is 15.4. The van der Waals surface area contributed by atoms with E-state index in [9.17, 15) is 4.79 Å². The SMILES string of the molecule is O=c1[nH]c(N2CCCCC2)nc2c1CCN(Cc1ccccc1)C2. The maximum Gasteiger partial charge on any atom is 0.255 e. The fourth-order valence-electron chi connectivity index (χ4n) is 3.71.